The van der Waals surface area contributed by atoms with Crippen molar-refractivity contribution in [3.05, 3.63) is 66.1 Å². The molecule has 0 amide bonds. The normalized spacial score (nSPS) is 15.1. The number of aromatic nitrogens is 1. The second kappa shape index (κ2) is 6.75. The van der Waals surface area contributed by atoms with E-state index in [2.05, 4.69) is 35.9 Å². The summed E-state index contributed by atoms with van der Waals surface area (Å²) in [5.41, 5.74) is 2.53. The number of hydrogen-bond donors (Lipinski definition) is 1. The quantitative estimate of drug-likeness (QED) is 0.826. The van der Waals surface area contributed by atoms with Crippen LogP contribution in [0.4, 0.5) is 0 Å². The SMILES string of the molecule is CC/C=C\Cn1ccc(C2=CCC=C(C(=O)O)C=C2)c1. The van der Waals surface area contributed by atoms with Crippen molar-refractivity contribution in [2.45, 2.75) is 26.3 Å². The summed E-state index contributed by atoms with van der Waals surface area (Å²) in [4.78, 5) is 10.9. The van der Waals surface area contributed by atoms with Crippen molar-refractivity contribution in [1.82, 2.24) is 4.57 Å². The average Bonchev–Trinajstić information content (AvgIpc) is 2.75. The van der Waals surface area contributed by atoms with Gasteiger partial charge in [-0.25, -0.2) is 4.79 Å². The Hall–Kier alpha value is -2.29. The average molecular weight is 269 g/mol. The molecule has 3 nitrogen and oxygen atoms in total. The fourth-order valence-electron chi connectivity index (χ4n) is 2.09. The molecule has 1 heterocycles. The van der Waals surface area contributed by atoms with Gasteiger partial charge >= 0.3 is 5.97 Å². The molecule has 0 atom stereocenters. The molecule has 0 fully saturated rings. The Kier molecular flexibility index (Phi) is 4.77. The Morgan fingerprint density at radius 3 is 2.95 bits per heavy atom. The van der Waals surface area contributed by atoms with Gasteiger partial charge < -0.3 is 9.67 Å². The van der Waals surface area contributed by atoms with Crippen LogP contribution in [0.3, 0.4) is 0 Å². The lowest BCUT2D eigenvalue weighted by atomic mass is 10.1. The smallest absolute Gasteiger partial charge is 0.335 e. The number of aliphatic carboxylic acids is 1. The molecule has 20 heavy (non-hydrogen) atoms. The van der Waals surface area contributed by atoms with E-state index >= 15 is 0 Å². The molecular weight excluding hydrogens is 250 g/mol. The minimum absolute atomic E-state index is 0.349. The highest BCUT2D eigenvalue weighted by Gasteiger charge is 2.07. The summed E-state index contributed by atoms with van der Waals surface area (Å²) in [5.74, 6) is -0.877. The number of rotatable bonds is 5. The highest BCUT2D eigenvalue weighted by atomic mass is 16.4. The molecule has 1 aromatic heterocycles. The number of nitrogens with zero attached hydrogens (tertiary/aromatic N) is 1. The van der Waals surface area contributed by atoms with Crippen LogP contribution in [0.1, 0.15) is 25.3 Å². The first kappa shape index (κ1) is 14.1. The van der Waals surface area contributed by atoms with Crippen molar-refractivity contribution in [2.75, 3.05) is 0 Å². The Morgan fingerprint density at radius 2 is 2.20 bits per heavy atom. The molecule has 1 N–H and O–H groups in total. The van der Waals surface area contributed by atoms with Crippen LogP contribution in [0.15, 0.2) is 60.5 Å². The van der Waals surface area contributed by atoms with Gasteiger partial charge in [0.1, 0.15) is 0 Å². The molecule has 0 radical (unpaired) electrons. The first-order chi connectivity index (χ1) is 9.70. The van der Waals surface area contributed by atoms with Crippen LogP contribution >= 0.6 is 0 Å². The van der Waals surface area contributed by atoms with Gasteiger partial charge in [-0.3, -0.25) is 0 Å². The third-order valence-electron chi connectivity index (χ3n) is 3.17. The summed E-state index contributed by atoms with van der Waals surface area (Å²) in [6, 6.07) is 2.06. The lowest BCUT2D eigenvalue weighted by Gasteiger charge is -1.98. The van der Waals surface area contributed by atoms with Crippen molar-refractivity contribution in [3.63, 3.8) is 0 Å². The van der Waals surface area contributed by atoms with Crippen LogP contribution in [0.2, 0.25) is 0 Å². The van der Waals surface area contributed by atoms with E-state index in [1.165, 1.54) is 0 Å². The maximum Gasteiger partial charge on any atom is 0.335 e. The topological polar surface area (TPSA) is 42.2 Å². The van der Waals surface area contributed by atoms with E-state index in [9.17, 15) is 4.79 Å². The van der Waals surface area contributed by atoms with E-state index < -0.39 is 5.97 Å². The molecule has 1 aromatic rings. The molecule has 3 heteroatoms. The van der Waals surface area contributed by atoms with E-state index in [4.69, 9.17) is 5.11 Å². The predicted molar refractivity (Wildman–Crippen MR) is 81.3 cm³/mol. The standard InChI is InChI=1S/C17H19NO2/c1-2-3-4-11-18-12-10-16(13-18)14-6-5-7-15(9-8-14)17(19)20/h3-4,6-10,12-13H,2,5,11H2,1H3,(H,19,20)/b4-3-. The fourth-order valence-corrected chi connectivity index (χ4v) is 2.09. The molecule has 1 aliphatic rings. The summed E-state index contributed by atoms with van der Waals surface area (Å²) in [6.07, 6.45) is 17.4. The second-order valence-corrected chi connectivity index (χ2v) is 4.67. The van der Waals surface area contributed by atoms with Crippen LogP contribution in [0.25, 0.3) is 5.57 Å². The number of carboxylic acid groups (broad SMARTS) is 1. The zero-order valence-electron chi connectivity index (χ0n) is 11.6. The summed E-state index contributed by atoms with van der Waals surface area (Å²) in [7, 11) is 0. The molecule has 0 aliphatic heterocycles. The summed E-state index contributed by atoms with van der Waals surface area (Å²) in [6.45, 7) is 2.98. The van der Waals surface area contributed by atoms with Crippen molar-refractivity contribution < 1.29 is 9.90 Å². The summed E-state index contributed by atoms with van der Waals surface area (Å²) in [5, 5.41) is 8.99. The minimum Gasteiger partial charge on any atom is -0.478 e. The number of allylic oxidation sites excluding steroid dienone is 6. The Bertz CT molecular complexity index is 600. The molecule has 0 unspecified atom stereocenters. The molecule has 104 valence electrons. The zero-order valence-corrected chi connectivity index (χ0v) is 11.6. The number of carboxylic acids is 1. The zero-order chi connectivity index (χ0) is 14.4. The Balaban J connectivity index is 2.09. The van der Waals surface area contributed by atoms with Crippen LogP contribution in [-0.4, -0.2) is 15.6 Å². The molecule has 0 saturated carbocycles. The maximum absolute atomic E-state index is 10.9. The Labute approximate surface area is 119 Å². The predicted octanol–water partition coefficient (Wildman–Crippen LogP) is 3.81. The van der Waals surface area contributed by atoms with Crippen molar-refractivity contribution >= 4 is 11.5 Å². The van der Waals surface area contributed by atoms with Gasteiger partial charge in [-0.05, 0) is 36.1 Å². The largest absolute Gasteiger partial charge is 0.478 e. The van der Waals surface area contributed by atoms with Gasteiger partial charge in [0, 0.05) is 18.9 Å². The van der Waals surface area contributed by atoms with Crippen LogP contribution in [0.5, 0.6) is 0 Å². The van der Waals surface area contributed by atoms with Crippen LogP contribution in [-0.2, 0) is 11.3 Å². The first-order valence-corrected chi connectivity index (χ1v) is 6.83. The van der Waals surface area contributed by atoms with Crippen molar-refractivity contribution in [2.24, 2.45) is 0 Å². The molecule has 0 aromatic carbocycles. The fraction of sp³-hybridized carbons (Fsp3) is 0.235. The monoisotopic (exact) mass is 269 g/mol. The van der Waals surface area contributed by atoms with Crippen LogP contribution < -0.4 is 0 Å². The van der Waals surface area contributed by atoms with Gasteiger partial charge in [0.15, 0.2) is 0 Å². The Morgan fingerprint density at radius 1 is 1.35 bits per heavy atom. The highest BCUT2D eigenvalue weighted by Crippen LogP contribution is 2.21. The van der Waals surface area contributed by atoms with Gasteiger partial charge in [0.05, 0.1) is 5.57 Å². The third kappa shape index (κ3) is 3.60. The van der Waals surface area contributed by atoms with E-state index in [0.29, 0.717) is 12.0 Å². The number of carbonyl (C=O) groups is 1. The van der Waals surface area contributed by atoms with Gasteiger partial charge in [0.2, 0.25) is 0 Å². The van der Waals surface area contributed by atoms with E-state index in [1.54, 1.807) is 12.2 Å². The van der Waals surface area contributed by atoms with E-state index in [0.717, 1.165) is 24.1 Å². The lowest BCUT2D eigenvalue weighted by Crippen LogP contribution is -1.96. The summed E-state index contributed by atoms with van der Waals surface area (Å²) >= 11 is 0. The highest BCUT2D eigenvalue weighted by molar-refractivity contribution is 5.91. The van der Waals surface area contributed by atoms with Gasteiger partial charge in [-0.1, -0.05) is 37.3 Å². The molecular formula is C17H19NO2. The number of hydrogen-bond acceptors (Lipinski definition) is 1. The van der Waals surface area contributed by atoms with Crippen molar-refractivity contribution in [3.8, 4) is 0 Å². The van der Waals surface area contributed by atoms with E-state index in [1.807, 2.05) is 18.3 Å². The van der Waals surface area contributed by atoms with Gasteiger partial charge in [-0.2, -0.15) is 0 Å². The van der Waals surface area contributed by atoms with Crippen LogP contribution in [0, 0.1) is 0 Å². The van der Waals surface area contributed by atoms with Gasteiger partial charge in [0.25, 0.3) is 0 Å². The van der Waals surface area contributed by atoms with Crippen molar-refractivity contribution in [1.29, 1.82) is 0 Å². The van der Waals surface area contributed by atoms with Gasteiger partial charge in [-0.15, -0.1) is 0 Å². The minimum atomic E-state index is -0.877. The second-order valence-electron chi connectivity index (χ2n) is 4.67. The molecule has 1 aliphatic carbocycles. The lowest BCUT2D eigenvalue weighted by molar-refractivity contribution is -0.132. The first-order valence-electron chi connectivity index (χ1n) is 6.83. The van der Waals surface area contributed by atoms with E-state index in [-0.39, 0.29) is 0 Å². The molecule has 0 saturated heterocycles. The summed E-state index contributed by atoms with van der Waals surface area (Å²) < 4.78 is 2.12. The third-order valence-corrected chi connectivity index (χ3v) is 3.17. The molecule has 0 bridgehead atoms. The maximum atomic E-state index is 10.9. The molecule has 0 spiro atoms. The molecule has 2 rings (SSSR count).